The van der Waals surface area contributed by atoms with E-state index in [-0.39, 0.29) is 61.1 Å². The number of hydrogen-bond acceptors (Lipinski definition) is 10. The molecule has 0 radical (unpaired) electrons. The Morgan fingerprint density at radius 2 is 1.66 bits per heavy atom. The van der Waals surface area contributed by atoms with Crippen LogP contribution >= 0.6 is 23.2 Å². The lowest BCUT2D eigenvalue weighted by molar-refractivity contribution is -0.135. The number of nitrogen functional groups attached to an aromatic ring is 1. The molecule has 4 amide bonds. The van der Waals surface area contributed by atoms with E-state index in [1.165, 1.54) is 4.68 Å². The van der Waals surface area contributed by atoms with Gasteiger partial charge in [-0.05, 0) is 60.7 Å². The van der Waals surface area contributed by atoms with Crippen molar-refractivity contribution in [3.8, 4) is 39.3 Å². The lowest BCUT2D eigenvalue weighted by Crippen LogP contribution is -2.37. The summed E-state index contributed by atoms with van der Waals surface area (Å²) in [6.07, 6.45) is 7.64. The number of carbonyl (C=O) groups is 4. The number of H-pyrrole nitrogens is 1. The van der Waals surface area contributed by atoms with E-state index in [2.05, 4.69) is 36.0 Å². The minimum absolute atomic E-state index is 0.0247. The van der Waals surface area contributed by atoms with Crippen molar-refractivity contribution in [2.24, 2.45) is 0 Å². The summed E-state index contributed by atoms with van der Waals surface area (Å²) in [5.41, 5.74) is 14.4. The maximum absolute atomic E-state index is 12.8. The zero-order valence-corrected chi connectivity index (χ0v) is 35.4. The second-order valence-corrected chi connectivity index (χ2v) is 15.6. The molecule has 322 valence electrons. The lowest BCUT2D eigenvalue weighted by Gasteiger charge is -2.26. The maximum atomic E-state index is 12.8. The van der Waals surface area contributed by atoms with Crippen molar-refractivity contribution >= 4 is 63.6 Å². The van der Waals surface area contributed by atoms with Crippen LogP contribution in [0, 0.1) is 0 Å². The lowest BCUT2D eigenvalue weighted by atomic mass is 9.92. The van der Waals surface area contributed by atoms with Crippen LogP contribution in [-0.2, 0) is 40.3 Å². The second kappa shape index (κ2) is 19.5. The number of amides is 4. The van der Waals surface area contributed by atoms with E-state index in [9.17, 15) is 29.4 Å². The standard InChI is InChI=1S/C44H46Cl2N10O6/c1-2-28-30(21-52-43(47)39(28)25-6-9-27(58)10-7-25)26-8-11-35(51-20-26)44(62)50-16-15-49-36(59)5-3-4-14-48-37(60)23-56-18-13-34(54-56)29-19-32(45)41(46)42-40(29)31-22-55(38(61)24-57)17-12-33(31)53-42/h6-11,13,18-21,53,57-58H,2-5,12,14-17,22-24H2,1H3,(H2,47,52)(H,48,60)(H,49,59)(H,50,62). The number of rotatable bonds is 16. The molecule has 0 aliphatic carbocycles. The van der Waals surface area contributed by atoms with Crippen molar-refractivity contribution < 1.29 is 29.4 Å². The molecule has 0 saturated carbocycles. The number of anilines is 1. The molecule has 1 aliphatic heterocycles. The summed E-state index contributed by atoms with van der Waals surface area (Å²) in [6, 6.07) is 13.7. The largest absolute Gasteiger partial charge is 0.508 e. The summed E-state index contributed by atoms with van der Waals surface area (Å²) in [7, 11) is 0. The van der Waals surface area contributed by atoms with Crippen molar-refractivity contribution in [1.82, 2.24) is 45.6 Å². The maximum Gasteiger partial charge on any atom is 0.269 e. The number of aromatic amines is 1. The molecule has 0 saturated heterocycles. The number of aromatic hydroxyl groups is 1. The average molecular weight is 882 g/mol. The smallest absolute Gasteiger partial charge is 0.269 e. The number of pyridine rings is 2. The molecule has 0 unspecified atom stereocenters. The van der Waals surface area contributed by atoms with Crippen molar-refractivity contribution in [1.29, 1.82) is 0 Å². The number of phenols is 1. The molecule has 6 aromatic rings. The van der Waals surface area contributed by atoms with Gasteiger partial charge in [-0.2, -0.15) is 5.10 Å². The third-order valence-electron chi connectivity index (χ3n) is 10.8. The Bertz CT molecular complexity index is 2630. The van der Waals surface area contributed by atoms with E-state index < -0.39 is 6.61 Å². The third kappa shape index (κ3) is 9.67. The molecule has 0 fully saturated rings. The summed E-state index contributed by atoms with van der Waals surface area (Å²) in [4.78, 5) is 64.0. The number of benzene rings is 2. The van der Waals surface area contributed by atoms with Gasteiger partial charge in [0.1, 0.15) is 30.4 Å². The average Bonchev–Trinajstić information content (AvgIpc) is 3.91. The van der Waals surface area contributed by atoms with Gasteiger partial charge in [-0.25, -0.2) is 4.98 Å². The van der Waals surface area contributed by atoms with Crippen LogP contribution in [0.5, 0.6) is 5.75 Å². The fourth-order valence-corrected chi connectivity index (χ4v) is 8.06. The Balaban J connectivity index is 0.824. The highest BCUT2D eigenvalue weighted by molar-refractivity contribution is 6.45. The van der Waals surface area contributed by atoms with E-state index in [0.717, 1.165) is 44.5 Å². The Hall–Kier alpha value is -6.49. The quantitative estimate of drug-likeness (QED) is 0.0642. The van der Waals surface area contributed by atoms with Crippen LogP contribution in [0.15, 0.2) is 67.1 Å². The van der Waals surface area contributed by atoms with E-state index in [1.807, 2.05) is 6.92 Å². The number of fused-ring (bicyclic) bond motifs is 3. The molecule has 4 aromatic heterocycles. The molecule has 7 rings (SSSR count). The monoisotopic (exact) mass is 880 g/mol. The number of nitrogens with two attached hydrogens (primary N) is 1. The molecule has 0 bridgehead atoms. The van der Waals surface area contributed by atoms with Crippen LogP contribution in [0.2, 0.25) is 10.0 Å². The van der Waals surface area contributed by atoms with E-state index in [4.69, 9.17) is 28.9 Å². The van der Waals surface area contributed by atoms with Gasteiger partial charge in [0.25, 0.3) is 5.91 Å². The Morgan fingerprint density at radius 3 is 2.40 bits per heavy atom. The summed E-state index contributed by atoms with van der Waals surface area (Å²) in [5, 5.41) is 33.7. The number of unbranched alkanes of at least 4 members (excludes halogenated alkanes) is 1. The Morgan fingerprint density at radius 1 is 0.903 bits per heavy atom. The number of aliphatic hydroxyl groups is 1. The summed E-state index contributed by atoms with van der Waals surface area (Å²) < 4.78 is 1.52. The van der Waals surface area contributed by atoms with Crippen molar-refractivity contribution in [3.63, 3.8) is 0 Å². The minimum Gasteiger partial charge on any atom is -0.508 e. The first-order valence-electron chi connectivity index (χ1n) is 20.2. The van der Waals surface area contributed by atoms with Gasteiger partial charge in [-0.3, -0.25) is 28.8 Å². The van der Waals surface area contributed by atoms with E-state index in [1.54, 1.807) is 72.0 Å². The van der Waals surface area contributed by atoms with Gasteiger partial charge in [-0.1, -0.05) is 48.3 Å². The van der Waals surface area contributed by atoms with Crippen molar-refractivity contribution in [3.05, 3.63) is 99.7 Å². The highest BCUT2D eigenvalue weighted by atomic mass is 35.5. The van der Waals surface area contributed by atoms with Crippen LogP contribution in [0.4, 0.5) is 5.82 Å². The Kier molecular flexibility index (Phi) is 13.7. The van der Waals surface area contributed by atoms with Crippen LogP contribution < -0.4 is 21.7 Å². The molecule has 0 atom stereocenters. The molecule has 2 aromatic carbocycles. The molecule has 16 nitrogen and oxygen atoms in total. The Labute approximate surface area is 366 Å². The molecule has 1 aliphatic rings. The molecule has 62 heavy (non-hydrogen) atoms. The zero-order chi connectivity index (χ0) is 43.9. The molecule has 8 N–H and O–H groups in total. The molecule has 5 heterocycles. The number of nitrogens with one attached hydrogen (secondary N) is 4. The van der Waals surface area contributed by atoms with Gasteiger partial charge >= 0.3 is 0 Å². The first-order chi connectivity index (χ1) is 29.9. The van der Waals surface area contributed by atoms with Crippen LogP contribution in [0.25, 0.3) is 44.4 Å². The number of halogens is 2. The first kappa shape index (κ1) is 43.6. The number of nitrogens with zero attached hydrogens (tertiary/aromatic N) is 5. The van der Waals surface area contributed by atoms with Gasteiger partial charge < -0.3 is 41.8 Å². The van der Waals surface area contributed by atoms with Gasteiger partial charge in [0, 0.05) is 103 Å². The normalized spacial score (nSPS) is 12.3. The minimum atomic E-state index is -0.572. The summed E-state index contributed by atoms with van der Waals surface area (Å²) >= 11 is 13.1. The SMILES string of the molecule is CCc1c(-c2ccc(C(=O)NCCNC(=O)CCCCNC(=O)Cn3ccc(-c4cc(Cl)c(Cl)c5[nH]c6c(c45)CN(C(=O)CO)CC6)n3)nc2)cnc(N)c1-c1ccc(O)cc1. The predicted octanol–water partition coefficient (Wildman–Crippen LogP) is 5.02. The number of aromatic nitrogens is 5. The van der Waals surface area contributed by atoms with Crippen molar-refractivity contribution in [2.45, 2.75) is 52.1 Å². The van der Waals surface area contributed by atoms with Gasteiger partial charge in [0.05, 0.1) is 21.3 Å². The van der Waals surface area contributed by atoms with Gasteiger partial charge in [-0.15, -0.1) is 0 Å². The van der Waals surface area contributed by atoms with Crippen LogP contribution in [0.1, 0.15) is 53.5 Å². The van der Waals surface area contributed by atoms with Gasteiger partial charge in [0.15, 0.2) is 0 Å². The fraction of sp³-hybridized carbons (Fsp3) is 0.295. The highest BCUT2D eigenvalue weighted by Gasteiger charge is 2.27. The molecule has 18 heteroatoms. The third-order valence-corrected chi connectivity index (χ3v) is 11.6. The zero-order valence-electron chi connectivity index (χ0n) is 33.9. The van der Waals surface area contributed by atoms with Crippen molar-refractivity contribution in [2.75, 3.05) is 38.5 Å². The number of carbonyl (C=O) groups excluding carboxylic acids is 4. The first-order valence-corrected chi connectivity index (χ1v) is 21.0. The summed E-state index contributed by atoms with van der Waals surface area (Å²) in [5.74, 6) is -0.606. The van der Waals surface area contributed by atoms with Crippen LogP contribution in [0.3, 0.4) is 0 Å². The topological polar surface area (TPSA) is 233 Å². The molecular formula is C44H46Cl2N10O6. The van der Waals surface area contributed by atoms with E-state index in [0.29, 0.717) is 78.0 Å². The summed E-state index contributed by atoms with van der Waals surface area (Å²) in [6.45, 7) is 3.02. The molecular weight excluding hydrogens is 835 g/mol. The molecule has 0 spiro atoms. The van der Waals surface area contributed by atoms with Gasteiger partial charge in [0.2, 0.25) is 17.7 Å². The predicted molar refractivity (Wildman–Crippen MR) is 236 cm³/mol. The van der Waals surface area contributed by atoms with E-state index >= 15 is 0 Å². The second-order valence-electron chi connectivity index (χ2n) is 14.8. The highest BCUT2D eigenvalue weighted by Crippen LogP contribution is 2.42. The fourth-order valence-electron chi connectivity index (χ4n) is 7.66. The van der Waals surface area contributed by atoms with Crippen LogP contribution in [-0.4, -0.2) is 96.3 Å². The number of phenolic OH excluding ortho intramolecular Hbond substituents is 1. The number of hydrogen-bond donors (Lipinski definition) is 7. The number of aliphatic hydroxyl groups excluding tert-OH is 1.